The van der Waals surface area contributed by atoms with Gasteiger partial charge in [0.25, 0.3) is 0 Å². The molecule has 1 saturated heterocycles. The van der Waals surface area contributed by atoms with E-state index in [9.17, 15) is 13.2 Å². The third-order valence-electron chi connectivity index (χ3n) is 4.43. The minimum atomic E-state index is -4.14. The molecule has 0 spiro atoms. The van der Waals surface area contributed by atoms with Gasteiger partial charge in [0.05, 0.1) is 6.54 Å². The van der Waals surface area contributed by atoms with Crippen molar-refractivity contribution in [3.05, 3.63) is 35.4 Å². The number of halogens is 4. The lowest BCUT2D eigenvalue weighted by molar-refractivity contribution is -0.143. The number of nitrogens with zero attached hydrogens (tertiary/aromatic N) is 2. The number of benzene rings is 1. The van der Waals surface area contributed by atoms with E-state index in [1.165, 1.54) is 16.0 Å². The average molecular weight is 484 g/mol. The number of hydrogen-bond acceptors (Lipinski definition) is 2. The summed E-state index contributed by atoms with van der Waals surface area (Å²) < 4.78 is 37.4. The first-order valence-corrected chi connectivity index (χ1v) is 8.59. The minimum Gasteiger partial charge on any atom is -0.356 e. The summed E-state index contributed by atoms with van der Waals surface area (Å²) in [5.74, 6) is 0.946. The van der Waals surface area contributed by atoms with Crippen molar-refractivity contribution in [2.24, 2.45) is 4.99 Å². The van der Waals surface area contributed by atoms with Crippen molar-refractivity contribution in [1.82, 2.24) is 15.5 Å². The van der Waals surface area contributed by atoms with Gasteiger partial charge >= 0.3 is 6.18 Å². The number of hydrogen-bond donors (Lipinski definition) is 2. The normalized spacial score (nSPS) is 19.8. The lowest BCUT2D eigenvalue weighted by Gasteiger charge is -2.21. The van der Waals surface area contributed by atoms with Crippen molar-refractivity contribution < 1.29 is 13.2 Å². The van der Waals surface area contributed by atoms with Crippen LogP contribution in [0.3, 0.4) is 0 Å². The molecule has 0 aliphatic carbocycles. The highest BCUT2D eigenvalue weighted by Gasteiger charge is 2.34. The number of guanidine groups is 1. The molecule has 0 radical (unpaired) electrons. The molecule has 0 saturated carbocycles. The Bertz CT molecular complexity index is 592. The van der Waals surface area contributed by atoms with Gasteiger partial charge in [-0.2, -0.15) is 13.2 Å². The molecule has 2 N–H and O–H groups in total. The molecule has 2 unspecified atom stereocenters. The Morgan fingerprint density at radius 3 is 2.73 bits per heavy atom. The fourth-order valence-electron chi connectivity index (χ4n) is 3.08. The van der Waals surface area contributed by atoms with Crippen molar-refractivity contribution >= 4 is 29.9 Å². The van der Waals surface area contributed by atoms with Crippen LogP contribution in [0.4, 0.5) is 13.2 Å². The molecule has 1 aromatic rings. The molecule has 1 heterocycles. The monoisotopic (exact) mass is 484 g/mol. The quantitative estimate of drug-likeness (QED) is 0.382. The highest BCUT2D eigenvalue weighted by molar-refractivity contribution is 14.0. The lowest BCUT2D eigenvalue weighted by atomic mass is 9.99. The predicted octanol–water partition coefficient (Wildman–Crippen LogP) is 3.52. The third-order valence-corrected chi connectivity index (χ3v) is 4.43. The molecule has 2 atom stereocenters. The third kappa shape index (κ3) is 7.69. The summed E-state index contributed by atoms with van der Waals surface area (Å²) in [6, 6.07) is 8.36. The van der Waals surface area contributed by atoms with Crippen molar-refractivity contribution in [2.45, 2.75) is 38.4 Å². The van der Waals surface area contributed by atoms with Gasteiger partial charge in [-0.3, -0.25) is 9.89 Å². The summed E-state index contributed by atoms with van der Waals surface area (Å²) in [5, 5.41) is 6.50. The van der Waals surface area contributed by atoms with Gasteiger partial charge in [0.2, 0.25) is 0 Å². The van der Waals surface area contributed by atoms with Crippen LogP contribution in [0.15, 0.2) is 29.3 Å². The molecule has 1 fully saturated rings. The molecule has 1 aromatic carbocycles. The van der Waals surface area contributed by atoms with Crippen molar-refractivity contribution in [3.8, 4) is 0 Å². The first-order chi connectivity index (χ1) is 11.8. The van der Waals surface area contributed by atoms with Crippen molar-refractivity contribution in [2.75, 3.05) is 33.2 Å². The second kappa shape index (κ2) is 10.3. The second-order valence-corrected chi connectivity index (χ2v) is 6.75. The zero-order valence-corrected chi connectivity index (χ0v) is 17.8. The fourth-order valence-corrected chi connectivity index (χ4v) is 3.08. The predicted molar refractivity (Wildman–Crippen MR) is 110 cm³/mol. The largest absolute Gasteiger partial charge is 0.401 e. The number of likely N-dealkylation sites (tertiary alicyclic amines) is 1. The minimum absolute atomic E-state index is 0. The summed E-state index contributed by atoms with van der Waals surface area (Å²) in [7, 11) is 1.68. The first kappa shape index (κ1) is 23.0. The van der Waals surface area contributed by atoms with Gasteiger partial charge in [0.15, 0.2) is 5.96 Å². The molecule has 148 valence electrons. The van der Waals surface area contributed by atoms with Gasteiger partial charge in [-0.1, -0.05) is 36.8 Å². The molecule has 4 nitrogen and oxygen atoms in total. The van der Waals surface area contributed by atoms with E-state index in [2.05, 4.69) is 47.7 Å². The first-order valence-electron chi connectivity index (χ1n) is 8.59. The lowest BCUT2D eigenvalue weighted by Crippen LogP contribution is -2.46. The van der Waals surface area contributed by atoms with Crippen molar-refractivity contribution in [3.63, 3.8) is 0 Å². The Labute approximate surface area is 170 Å². The van der Waals surface area contributed by atoms with Crippen LogP contribution in [0.1, 0.15) is 30.4 Å². The van der Waals surface area contributed by atoms with Gasteiger partial charge in [-0.15, -0.1) is 24.0 Å². The van der Waals surface area contributed by atoms with Crippen LogP contribution in [0.25, 0.3) is 0 Å². The summed E-state index contributed by atoms with van der Waals surface area (Å²) in [6.07, 6.45) is -3.46. The number of alkyl halides is 3. The van der Waals surface area contributed by atoms with Gasteiger partial charge < -0.3 is 10.6 Å². The molecule has 8 heteroatoms. The van der Waals surface area contributed by atoms with E-state index in [1.807, 2.05) is 6.07 Å². The molecule has 26 heavy (non-hydrogen) atoms. The SMILES string of the molecule is CN=C(NCC(C)c1cccc(C)c1)NC1CCN(CC(F)(F)F)C1.I. The summed E-state index contributed by atoms with van der Waals surface area (Å²) in [4.78, 5) is 5.62. The maximum absolute atomic E-state index is 12.5. The van der Waals surface area contributed by atoms with E-state index in [4.69, 9.17) is 0 Å². The van der Waals surface area contributed by atoms with Crippen LogP contribution in [-0.4, -0.2) is 56.3 Å². The molecule has 1 aliphatic rings. The molecule has 0 amide bonds. The smallest absolute Gasteiger partial charge is 0.356 e. The Morgan fingerprint density at radius 2 is 2.12 bits per heavy atom. The Balaban J connectivity index is 0.00000338. The molecule has 0 aromatic heterocycles. The molecule has 2 rings (SSSR count). The van der Waals surface area contributed by atoms with E-state index >= 15 is 0 Å². The van der Waals surface area contributed by atoms with Crippen molar-refractivity contribution in [1.29, 1.82) is 0 Å². The van der Waals surface area contributed by atoms with Crippen LogP contribution in [0.2, 0.25) is 0 Å². The zero-order valence-electron chi connectivity index (χ0n) is 15.4. The molecular weight excluding hydrogens is 456 g/mol. The number of rotatable bonds is 5. The van der Waals surface area contributed by atoms with Gasteiger partial charge in [0.1, 0.15) is 0 Å². The molecule has 1 aliphatic heterocycles. The van der Waals surface area contributed by atoms with E-state index in [1.54, 1.807) is 7.05 Å². The number of aliphatic imine (C=N–C) groups is 1. The van der Waals surface area contributed by atoms with Crippen LogP contribution in [0.5, 0.6) is 0 Å². The van der Waals surface area contributed by atoms with Gasteiger partial charge in [-0.05, 0) is 24.8 Å². The second-order valence-electron chi connectivity index (χ2n) is 6.75. The molecule has 0 bridgehead atoms. The standard InChI is InChI=1S/C18H27F3N4.HI/c1-13-5-4-6-15(9-13)14(2)10-23-17(22-3)24-16-7-8-25(11-16)12-18(19,20)21;/h4-6,9,14,16H,7-8,10-12H2,1-3H3,(H2,22,23,24);1H. The topological polar surface area (TPSA) is 39.7 Å². The van der Waals surface area contributed by atoms with E-state index < -0.39 is 12.7 Å². The van der Waals surface area contributed by atoms with E-state index in [0.29, 0.717) is 37.9 Å². The van der Waals surface area contributed by atoms with Gasteiger partial charge in [0, 0.05) is 32.7 Å². The Morgan fingerprint density at radius 1 is 1.38 bits per heavy atom. The van der Waals surface area contributed by atoms with Gasteiger partial charge in [-0.25, -0.2) is 0 Å². The average Bonchev–Trinajstić information content (AvgIpc) is 2.96. The highest BCUT2D eigenvalue weighted by Crippen LogP contribution is 2.20. The maximum Gasteiger partial charge on any atom is 0.401 e. The number of aryl methyl sites for hydroxylation is 1. The summed E-state index contributed by atoms with van der Waals surface area (Å²) in [5.41, 5.74) is 2.47. The van der Waals surface area contributed by atoms with Crippen LogP contribution < -0.4 is 10.6 Å². The Hall–Kier alpha value is -1.03. The number of nitrogens with one attached hydrogen (secondary N) is 2. The maximum atomic E-state index is 12.5. The zero-order chi connectivity index (χ0) is 18.4. The Kier molecular flexibility index (Phi) is 9.15. The summed E-state index contributed by atoms with van der Waals surface area (Å²) >= 11 is 0. The highest BCUT2D eigenvalue weighted by atomic mass is 127. The van der Waals surface area contributed by atoms with E-state index in [-0.39, 0.29) is 30.0 Å². The molecular formula is C18H28F3IN4. The van der Waals surface area contributed by atoms with Crippen LogP contribution >= 0.6 is 24.0 Å². The van der Waals surface area contributed by atoms with Crippen LogP contribution in [0, 0.1) is 6.92 Å². The van der Waals surface area contributed by atoms with Crippen LogP contribution in [-0.2, 0) is 0 Å². The summed E-state index contributed by atoms with van der Waals surface area (Å²) in [6.45, 7) is 4.90. The van der Waals surface area contributed by atoms with E-state index in [0.717, 1.165) is 0 Å². The fraction of sp³-hybridized carbons (Fsp3) is 0.611.